The van der Waals surface area contributed by atoms with Gasteiger partial charge in [0.25, 0.3) is 0 Å². The number of ether oxygens (including phenoxy) is 4. The highest BCUT2D eigenvalue weighted by Gasteiger charge is 2.16. The molecule has 0 aliphatic carbocycles. The van der Waals surface area contributed by atoms with E-state index in [1.807, 2.05) is 48.3 Å². The van der Waals surface area contributed by atoms with Crippen molar-refractivity contribution in [3.63, 3.8) is 0 Å². The molecule has 2 aliphatic heterocycles. The highest BCUT2D eigenvalue weighted by atomic mass is 16.7. The van der Waals surface area contributed by atoms with Gasteiger partial charge in [-0.3, -0.25) is 4.68 Å². The third-order valence-electron chi connectivity index (χ3n) is 5.01. The van der Waals surface area contributed by atoms with Gasteiger partial charge in [-0.1, -0.05) is 6.07 Å². The van der Waals surface area contributed by atoms with Crippen molar-refractivity contribution in [1.29, 1.82) is 0 Å². The minimum Gasteiger partial charge on any atom is -0.490 e. The fraction of sp³-hybridized carbons (Fsp3) is 0.318. The van der Waals surface area contributed by atoms with Gasteiger partial charge in [-0.2, -0.15) is 5.10 Å². The highest BCUT2D eigenvalue weighted by Crippen LogP contribution is 2.35. The summed E-state index contributed by atoms with van der Waals surface area (Å²) in [5.41, 5.74) is 4.24. The molecular weight excluding hydrogens is 370 g/mol. The molecule has 150 valence electrons. The minimum absolute atomic E-state index is 0.292. The van der Waals surface area contributed by atoms with Crippen LogP contribution < -0.4 is 24.3 Å². The van der Waals surface area contributed by atoms with Crippen molar-refractivity contribution in [3.8, 4) is 34.3 Å². The summed E-state index contributed by atoms with van der Waals surface area (Å²) in [5, 5.41) is 8.17. The zero-order chi connectivity index (χ0) is 19.6. The maximum Gasteiger partial charge on any atom is 0.231 e. The van der Waals surface area contributed by atoms with Crippen LogP contribution in [0.5, 0.6) is 23.0 Å². The van der Waals surface area contributed by atoms with Crippen molar-refractivity contribution in [1.82, 2.24) is 15.1 Å². The van der Waals surface area contributed by atoms with Crippen LogP contribution in [0.4, 0.5) is 0 Å². The third kappa shape index (κ3) is 3.73. The molecule has 0 spiro atoms. The van der Waals surface area contributed by atoms with Gasteiger partial charge in [0, 0.05) is 43.9 Å². The maximum absolute atomic E-state index is 5.84. The van der Waals surface area contributed by atoms with Crippen LogP contribution in [0, 0.1) is 0 Å². The summed E-state index contributed by atoms with van der Waals surface area (Å²) in [5.74, 6) is 3.19. The van der Waals surface area contributed by atoms with Crippen molar-refractivity contribution in [2.75, 3.05) is 20.0 Å². The molecule has 0 saturated heterocycles. The van der Waals surface area contributed by atoms with E-state index in [2.05, 4.69) is 16.5 Å². The lowest BCUT2D eigenvalue weighted by Gasteiger charge is -2.10. The predicted octanol–water partition coefficient (Wildman–Crippen LogP) is 3.27. The van der Waals surface area contributed by atoms with Crippen LogP contribution in [0.3, 0.4) is 0 Å². The number of aryl methyl sites for hydroxylation is 1. The monoisotopic (exact) mass is 393 g/mol. The third-order valence-corrected chi connectivity index (χ3v) is 5.01. The average molecular weight is 393 g/mol. The number of benzene rings is 2. The summed E-state index contributed by atoms with van der Waals surface area (Å²) in [6.45, 7) is 3.08. The lowest BCUT2D eigenvalue weighted by Crippen LogP contribution is -2.12. The molecule has 0 saturated carbocycles. The van der Waals surface area contributed by atoms with Crippen LogP contribution in [0.15, 0.2) is 42.6 Å². The smallest absolute Gasteiger partial charge is 0.231 e. The van der Waals surface area contributed by atoms with E-state index >= 15 is 0 Å². The number of nitrogens with zero attached hydrogens (tertiary/aromatic N) is 2. The SMILES string of the molecule is Cn1cc(CNCc2ccc3c(c2)OCO3)c(-c2ccc3c(c2)OCCCO3)n1. The van der Waals surface area contributed by atoms with E-state index in [0.29, 0.717) is 26.6 Å². The van der Waals surface area contributed by atoms with Gasteiger partial charge in [0.2, 0.25) is 6.79 Å². The van der Waals surface area contributed by atoms with Gasteiger partial charge in [-0.15, -0.1) is 0 Å². The van der Waals surface area contributed by atoms with Crippen molar-refractivity contribution in [2.24, 2.45) is 7.05 Å². The van der Waals surface area contributed by atoms with E-state index in [1.165, 1.54) is 0 Å². The molecule has 0 amide bonds. The zero-order valence-corrected chi connectivity index (χ0v) is 16.3. The molecule has 3 heterocycles. The molecule has 2 aliphatic rings. The largest absolute Gasteiger partial charge is 0.490 e. The fourth-order valence-corrected chi connectivity index (χ4v) is 3.61. The first-order valence-corrected chi connectivity index (χ1v) is 9.78. The van der Waals surface area contributed by atoms with E-state index in [-0.39, 0.29) is 0 Å². The number of hydrogen-bond acceptors (Lipinski definition) is 6. The molecular formula is C22H23N3O4. The Morgan fingerprint density at radius 3 is 2.59 bits per heavy atom. The van der Waals surface area contributed by atoms with Crippen LogP contribution in [-0.2, 0) is 20.1 Å². The van der Waals surface area contributed by atoms with E-state index < -0.39 is 0 Å². The summed E-state index contributed by atoms with van der Waals surface area (Å²) >= 11 is 0. The molecule has 0 atom stereocenters. The van der Waals surface area contributed by atoms with Gasteiger partial charge < -0.3 is 24.3 Å². The molecule has 0 fully saturated rings. The Balaban J connectivity index is 1.31. The topological polar surface area (TPSA) is 66.8 Å². The van der Waals surface area contributed by atoms with Gasteiger partial charge in [0.1, 0.15) is 0 Å². The molecule has 0 radical (unpaired) electrons. The lowest BCUT2D eigenvalue weighted by molar-refractivity contribution is 0.174. The first-order valence-electron chi connectivity index (χ1n) is 9.78. The summed E-state index contributed by atoms with van der Waals surface area (Å²) < 4.78 is 24.2. The number of nitrogens with one attached hydrogen (secondary N) is 1. The van der Waals surface area contributed by atoms with E-state index in [4.69, 9.17) is 18.9 Å². The first-order chi connectivity index (χ1) is 14.3. The second-order valence-electron chi connectivity index (χ2n) is 7.18. The summed E-state index contributed by atoms with van der Waals surface area (Å²) in [7, 11) is 1.94. The summed E-state index contributed by atoms with van der Waals surface area (Å²) in [4.78, 5) is 0. The maximum atomic E-state index is 5.84. The Kier molecular flexibility index (Phi) is 4.73. The second-order valence-corrected chi connectivity index (χ2v) is 7.18. The molecule has 29 heavy (non-hydrogen) atoms. The molecule has 1 aromatic heterocycles. The number of hydrogen-bond donors (Lipinski definition) is 1. The molecule has 0 bridgehead atoms. The van der Waals surface area contributed by atoms with E-state index in [1.54, 1.807) is 0 Å². The fourth-order valence-electron chi connectivity index (χ4n) is 3.61. The number of rotatable bonds is 5. The van der Waals surface area contributed by atoms with Gasteiger partial charge in [0.15, 0.2) is 23.0 Å². The van der Waals surface area contributed by atoms with Crippen molar-refractivity contribution >= 4 is 0 Å². The van der Waals surface area contributed by atoms with Gasteiger partial charge >= 0.3 is 0 Å². The summed E-state index contributed by atoms with van der Waals surface area (Å²) in [6.07, 6.45) is 2.94. The Bertz CT molecular complexity index is 1030. The van der Waals surface area contributed by atoms with Crippen molar-refractivity contribution in [3.05, 3.63) is 53.7 Å². The standard InChI is InChI=1S/C22H23N3O4/c1-25-13-17(12-23-11-15-3-5-19-20(9-15)29-14-28-19)22(24-25)16-4-6-18-21(10-16)27-8-2-7-26-18/h3-6,9-10,13,23H,2,7-8,11-12,14H2,1H3. The van der Waals surface area contributed by atoms with Gasteiger partial charge in [-0.05, 0) is 35.9 Å². The molecule has 1 N–H and O–H groups in total. The van der Waals surface area contributed by atoms with Gasteiger partial charge in [0.05, 0.1) is 18.9 Å². The Hall–Kier alpha value is -3.19. The van der Waals surface area contributed by atoms with Crippen LogP contribution in [-0.4, -0.2) is 29.8 Å². The van der Waals surface area contributed by atoms with Crippen LogP contribution >= 0.6 is 0 Å². The summed E-state index contributed by atoms with van der Waals surface area (Å²) in [6, 6.07) is 12.0. The number of fused-ring (bicyclic) bond motifs is 2. The highest BCUT2D eigenvalue weighted by molar-refractivity contribution is 5.66. The Morgan fingerprint density at radius 1 is 0.897 bits per heavy atom. The van der Waals surface area contributed by atoms with E-state index in [9.17, 15) is 0 Å². The molecule has 7 heteroatoms. The molecule has 0 unspecified atom stereocenters. The normalized spacial score (nSPS) is 14.7. The Morgan fingerprint density at radius 2 is 1.66 bits per heavy atom. The van der Waals surface area contributed by atoms with E-state index in [0.717, 1.165) is 58.3 Å². The van der Waals surface area contributed by atoms with Crippen molar-refractivity contribution < 1.29 is 18.9 Å². The lowest BCUT2D eigenvalue weighted by atomic mass is 10.1. The van der Waals surface area contributed by atoms with Crippen LogP contribution in [0.1, 0.15) is 17.5 Å². The average Bonchev–Trinajstić information content (AvgIpc) is 3.26. The first kappa shape index (κ1) is 17.9. The second kappa shape index (κ2) is 7.67. The van der Waals surface area contributed by atoms with Crippen molar-refractivity contribution in [2.45, 2.75) is 19.5 Å². The molecule has 3 aromatic rings. The quantitative estimate of drug-likeness (QED) is 0.718. The van der Waals surface area contributed by atoms with Crippen LogP contribution in [0.25, 0.3) is 11.3 Å². The van der Waals surface area contributed by atoms with Crippen LogP contribution in [0.2, 0.25) is 0 Å². The molecule has 2 aromatic carbocycles. The zero-order valence-electron chi connectivity index (χ0n) is 16.3. The molecule has 5 rings (SSSR count). The Labute approximate surface area is 169 Å². The predicted molar refractivity (Wildman–Crippen MR) is 107 cm³/mol. The minimum atomic E-state index is 0.292. The molecule has 7 nitrogen and oxygen atoms in total. The number of aromatic nitrogens is 2. The van der Waals surface area contributed by atoms with Gasteiger partial charge in [-0.25, -0.2) is 0 Å².